The predicted molar refractivity (Wildman–Crippen MR) is 58.0 cm³/mol. The molecule has 0 aliphatic rings. The minimum Gasteiger partial charge on any atom is -0.273 e. The summed E-state index contributed by atoms with van der Waals surface area (Å²) in [6, 6.07) is 0. The normalized spacial score (nSPS) is 10.7. The van der Waals surface area contributed by atoms with Crippen LogP contribution in [0.25, 0.3) is 0 Å². The molecule has 0 radical (unpaired) electrons. The SMILES string of the molecule is CC.Cc1c(C(C)(C)C)cnn1C. The van der Waals surface area contributed by atoms with Crippen molar-refractivity contribution in [3.05, 3.63) is 17.5 Å². The summed E-state index contributed by atoms with van der Waals surface area (Å²) in [5, 5.41) is 4.20. The zero-order valence-corrected chi connectivity index (χ0v) is 9.97. The molecule has 1 heterocycles. The second-order valence-electron chi connectivity index (χ2n) is 4.02. The van der Waals surface area contributed by atoms with E-state index >= 15 is 0 Å². The topological polar surface area (TPSA) is 17.8 Å². The maximum Gasteiger partial charge on any atom is 0.0529 e. The first-order valence-corrected chi connectivity index (χ1v) is 4.92. The molecule has 0 fully saturated rings. The molecule has 1 rings (SSSR count). The fraction of sp³-hybridized carbons (Fsp3) is 0.727. The Bertz CT molecular complexity index is 254. The lowest BCUT2D eigenvalue weighted by Gasteiger charge is -2.17. The number of nitrogens with zero attached hydrogens (tertiary/aromatic N) is 2. The average molecular weight is 182 g/mol. The molecular weight excluding hydrogens is 160 g/mol. The van der Waals surface area contributed by atoms with Gasteiger partial charge in [-0.25, -0.2) is 0 Å². The molecule has 0 bridgehead atoms. The maximum atomic E-state index is 4.20. The van der Waals surface area contributed by atoms with E-state index in [1.54, 1.807) is 0 Å². The molecule has 0 aromatic carbocycles. The van der Waals surface area contributed by atoms with Crippen LogP contribution in [0.4, 0.5) is 0 Å². The quantitative estimate of drug-likeness (QED) is 0.603. The van der Waals surface area contributed by atoms with E-state index in [1.807, 2.05) is 31.8 Å². The minimum atomic E-state index is 0.221. The molecule has 0 amide bonds. The zero-order valence-electron chi connectivity index (χ0n) is 9.97. The van der Waals surface area contributed by atoms with Crippen molar-refractivity contribution in [3.63, 3.8) is 0 Å². The van der Waals surface area contributed by atoms with Crippen LogP contribution in [0.1, 0.15) is 45.9 Å². The Kier molecular flexibility index (Phi) is 4.18. The van der Waals surface area contributed by atoms with Crippen molar-refractivity contribution in [3.8, 4) is 0 Å². The van der Waals surface area contributed by atoms with Crippen LogP contribution in [0.5, 0.6) is 0 Å². The van der Waals surface area contributed by atoms with Gasteiger partial charge in [0.25, 0.3) is 0 Å². The number of hydrogen-bond donors (Lipinski definition) is 0. The first kappa shape index (κ1) is 12.2. The molecule has 2 nitrogen and oxygen atoms in total. The lowest BCUT2D eigenvalue weighted by atomic mass is 9.88. The highest BCUT2D eigenvalue weighted by atomic mass is 15.3. The molecule has 0 spiro atoms. The summed E-state index contributed by atoms with van der Waals surface area (Å²) < 4.78 is 1.92. The minimum absolute atomic E-state index is 0.221. The monoisotopic (exact) mass is 182 g/mol. The van der Waals surface area contributed by atoms with Crippen LogP contribution in [0.15, 0.2) is 6.20 Å². The lowest BCUT2D eigenvalue weighted by Crippen LogP contribution is -2.12. The highest BCUT2D eigenvalue weighted by Crippen LogP contribution is 2.24. The molecule has 0 aliphatic heterocycles. The first-order valence-electron chi connectivity index (χ1n) is 4.92. The van der Waals surface area contributed by atoms with Crippen LogP contribution in [0.2, 0.25) is 0 Å². The van der Waals surface area contributed by atoms with E-state index in [1.165, 1.54) is 11.3 Å². The van der Waals surface area contributed by atoms with Gasteiger partial charge in [0.1, 0.15) is 0 Å². The smallest absolute Gasteiger partial charge is 0.0529 e. The van der Waals surface area contributed by atoms with Crippen LogP contribution in [-0.4, -0.2) is 9.78 Å². The van der Waals surface area contributed by atoms with Crippen molar-refractivity contribution in [1.29, 1.82) is 0 Å². The fourth-order valence-electron chi connectivity index (χ4n) is 1.24. The largest absolute Gasteiger partial charge is 0.273 e. The highest BCUT2D eigenvalue weighted by Gasteiger charge is 2.18. The molecule has 0 N–H and O–H groups in total. The maximum absolute atomic E-state index is 4.20. The molecule has 1 aromatic heterocycles. The van der Waals surface area contributed by atoms with Crippen molar-refractivity contribution in [2.75, 3.05) is 0 Å². The summed E-state index contributed by atoms with van der Waals surface area (Å²) in [7, 11) is 1.98. The Hall–Kier alpha value is -0.790. The van der Waals surface area contributed by atoms with Gasteiger partial charge in [-0.05, 0) is 17.9 Å². The van der Waals surface area contributed by atoms with Gasteiger partial charge in [-0.2, -0.15) is 5.10 Å². The summed E-state index contributed by atoms with van der Waals surface area (Å²) in [4.78, 5) is 0. The van der Waals surface area contributed by atoms with E-state index < -0.39 is 0 Å². The third-order valence-electron chi connectivity index (χ3n) is 2.04. The molecule has 0 saturated carbocycles. The Morgan fingerprint density at radius 2 is 1.69 bits per heavy atom. The molecule has 0 saturated heterocycles. The van der Waals surface area contributed by atoms with Gasteiger partial charge in [-0.15, -0.1) is 0 Å². The number of hydrogen-bond acceptors (Lipinski definition) is 1. The van der Waals surface area contributed by atoms with Crippen molar-refractivity contribution in [2.45, 2.75) is 47.0 Å². The molecule has 76 valence electrons. The first-order chi connectivity index (χ1) is 5.93. The Morgan fingerprint density at radius 1 is 1.23 bits per heavy atom. The highest BCUT2D eigenvalue weighted by molar-refractivity contribution is 5.23. The summed E-state index contributed by atoms with van der Waals surface area (Å²) in [5.41, 5.74) is 2.82. The van der Waals surface area contributed by atoms with Crippen molar-refractivity contribution < 1.29 is 0 Å². The Morgan fingerprint density at radius 3 is 1.85 bits per heavy atom. The summed E-state index contributed by atoms with van der Waals surface area (Å²) >= 11 is 0. The zero-order chi connectivity index (χ0) is 10.6. The molecular formula is C11H22N2. The van der Waals surface area contributed by atoms with Gasteiger partial charge in [0, 0.05) is 12.7 Å². The summed E-state index contributed by atoms with van der Waals surface area (Å²) in [5.74, 6) is 0. The van der Waals surface area contributed by atoms with Crippen LogP contribution in [-0.2, 0) is 12.5 Å². The Labute approximate surface area is 82.0 Å². The van der Waals surface area contributed by atoms with E-state index in [2.05, 4.69) is 32.8 Å². The van der Waals surface area contributed by atoms with Crippen molar-refractivity contribution in [2.24, 2.45) is 7.05 Å². The van der Waals surface area contributed by atoms with Crippen LogP contribution in [0, 0.1) is 6.92 Å². The van der Waals surface area contributed by atoms with E-state index in [-0.39, 0.29) is 5.41 Å². The van der Waals surface area contributed by atoms with E-state index in [0.717, 1.165) is 0 Å². The molecule has 2 heteroatoms. The van der Waals surface area contributed by atoms with Gasteiger partial charge in [0.05, 0.1) is 6.20 Å². The molecule has 13 heavy (non-hydrogen) atoms. The van der Waals surface area contributed by atoms with E-state index in [0.29, 0.717) is 0 Å². The fourth-order valence-corrected chi connectivity index (χ4v) is 1.24. The standard InChI is InChI=1S/C9H16N2.C2H6/c1-7-8(9(2,3)4)6-10-11(7)5;1-2/h6H,1-5H3;1-2H3. The third kappa shape index (κ3) is 2.87. The van der Waals surface area contributed by atoms with Gasteiger partial charge in [0.2, 0.25) is 0 Å². The molecule has 0 atom stereocenters. The molecule has 0 unspecified atom stereocenters. The third-order valence-corrected chi connectivity index (χ3v) is 2.04. The van der Waals surface area contributed by atoms with Gasteiger partial charge in [-0.3, -0.25) is 4.68 Å². The van der Waals surface area contributed by atoms with Crippen LogP contribution >= 0.6 is 0 Å². The van der Waals surface area contributed by atoms with Crippen LogP contribution < -0.4 is 0 Å². The second kappa shape index (κ2) is 4.45. The van der Waals surface area contributed by atoms with Crippen molar-refractivity contribution >= 4 is 0 Å². The number of aryl methyl sites for hydroxylation is 1. The molecule has 1 aromatic rings. The Balaban J connectivity index is 0.000000671. The van der Waals surface area contributed by atoms with Crippen molar-refractivity contribution in [1.82, 2.24) is 9.78 Å². The lowest BCUT2D eigenvalue weighted by molar-refractivity contribution is 0.583. The van der Waals surface area contributed by atoms with E-state index in [4.69, 9.17) is 0 Å². The second-order valence-corrected chi connectivity index (χ2v) is 4.02. The van der Waals surface area contributed by atoms with Gasteiger partial charge in [0.15, 0.2) is 0 Å². The number of rotatable bonds is 0. The molecule has 0 aliphatic carbocycles. The average Bonchev–Trinajstić information content (AvgIpc) is 2.36. The van der Waals surface area contributed by atoms with Gasteiger partial charge in [-0.1, -0.05) is 34.6 Å². The van der Waals surface area contributed by atoms with Gasteiger partial charge < -0.3 is 0 Å². The number of aromatic nitrogens is 2. The predicted octanol–water partition coefficient (Wildman–Crippen LogP) is 3.05. The summed E-state index contributed by atoms with van der Waals surface area (Å²) in [6.07, 6.45) is 1.95. The van der Waals surface area contributed by atoms with Gasteiger partial charge >= 0.3 is 0 Å². The van der Waals surface area contributed by atoms with Crippen LogP contribution in [0.3, 0.4) is 0 Å². The van der Waals surface area contributed by atoms with E-state index in [9.17, 15) is 0 Å². The summed E-state index contributed by atoms with van der Waals surface area (Å²) in [6.45, 7) is 12.7.